The van der Waals surface area contributed by atoms with Crippen molar-refractivity contribution in [2.24, 2.45) is 0 Å². The quantitative estimate of drug-likeness (QED) is 0.783. The smallest absolute Gasteiger partial charge is 0.147 e. The summed E-state index contributed by atoms with van der Waals surface area (Å²) in [5.74, 6) is 0.727. The number of hydrogen-bond donors (Lipinski definition) is 1. The van der Waals surface area contributed by atoms with Crippen LogP contribution in [0.4, 0.5) is 11.5 Å². The third-order valence-electron chi connectivity index (χ3n) is 1.98. The van der Waals surface area contributed by atoms with Gasteiger partial charge in [0.15, 0.2) is 0 Å². The average molecular weight is 230 g/mol. The number of hydrogen-bond acceptors (Lipinski definition) is 4. The zero-order valence-corrected chi connectivity index (χ0v) is 9.79. The van der Waals surface area contributed by atoms with E-state index in [-0.39, 0.29) is 0 Å². The van der Waals surface area contributed by atoms with E-state index in [1.165, 1.54) is 0 Å². The molecule has 0 bridgehead atoms. The molecule has 84 valence electrons. The molecule has 15 heavy (non-hydrogen) atoms. The predicted molar refractivity (Wildman–Crippen MR) is 63.4 cm³/mol. The van der Waals surface area contributed by atoms with Crippen molar-refractivity contribution >= 4 is 23.1 Å². The fraction of sp³-hybridized carbons (Fsp3) is 0.500. The monoisotopic (exact) mass is 229 g/mol. The summed E-state index contributed by atoms with van der Waals surface area (Å²) in [5.41, 5.74) is 6.13. The molecule has 0 aliphatic heterocycles. The lowest BCUT2D eigenvalue weighted by Gasteiger charge is -2.19. The Balaban J connectivity index is 2.61. The van der Waals surface area contributed by atoms with Gasteiger partial charge >= 0.3 is 0 Å². The van der Waals surface area contributed by atoms with Gasteiger partial charge in [0, 0.05) is 20.2 Å². The van der Waals surface area contributed by atoms with E-state index in [0.29, 0.717) is 17.3 Å². The maximum Gasteiger partial charge on any atom is 0.147 e. The molecule has 4 nitrogen and oxygen atoms in total. The minimum absolute atomic E-state index is 0.564. The summed E-state index contributed by atoms with van der Waals surface area (Å²) in [5, 5.41) is 0.564. The van der Waals surface area contributed by atoms with Gasteiger partial charge in [-0.3, -0.25) is 0 Å². The first-order valence-electron chi connectivity index (χ1n) is 4.85. The molecule has 0 unspecified atom stereocenters. The Hall–Kier alpha value is -1.00. The highest BCUT2D eigenvalue weighted by Gasteiger charge is 2.07. The Morgan fingerprint density at radius 1 is 1.60 bits per heavy atom. The summed E-state index contributed by atoms with van der Waals surface area (Å²) in [6, 6.07) is 1.70. The van der Waals surface area contributed by atoms with Crippen LogP contribution in [-0.4, -0.2) is 31.8 Å². The van der Waals surface area contributed by atoms with E-state index in [9.17, 15) is 0 Å². The largest absolute Gasteiger partial charge is 0.397 e. The van der Waals surface area contributed by atoms with Crippen molar-refractivity contribution in [1.82, 2.24) is 4.98 Å². The maximum absolute atomic E-state index is 6.01. The van der Waals surface area contributed by atoms with Gasteiger partial charge in [-0.15, -0.1) is 0 Å². The van der Waals surface area contributed by atoms with E-state index < -0.39 is 0 Å². The molecule has 0 radical (unpaired) electrons. The number of nitrogen functional groups attached to an aromatic ring is 1. The molecule has 0 amide bonds. The molecule has 1 rings (SSSR count). The van der Waals surface area contributed by atoms with E-state index in [4.69, 9.17) is 22.1 Å². The second-order valence-corrected chi connectivity index (χ2v) is 3.60. The molecule has 0 aliphatic rings. The molecule has 0 aliphatic carbocycles. The van der Waals surface area contributed by atoms with Gasteiger partial charge in [0.1, 0.15) is 5.82 Å². The van der Waals surface area contributed by atoms with Gasteiger partial charge in [-0.2, -0.15) is 0 Å². The normalized spacial score (nSPS) is 10.3. The van der Waals surface area contributed by atoms with Crippen LogP contribution in [0.25, 0.3) is 0 Å². The molecule has 0 fully saturated rings. The Bertz CT molecular complexity index is 320. The van der Waals surface area contributed by atoms with Gasteiger partial charge < -0.3 is 15.4 Å². The van der Waals surface area contributed by atoms with Crippen LogP contribution < -0.4 is 10.6 Å². The van der Waals surface area contributed by atoms with Crippen molar-refractivity contribution in [1.29, 1.82) is 0 Å². The summed E-state index contributed by atoms with van der Waals surface area (Å²) in [7, 11) is 1.92. The molecule has 0 aromatic carbocycles. The summed E-state index contributed by atoms with van der Waals surface area (Å²) in [4.78, 5) is 6.11. The topological polar surface area (TPSA) is 51.4 Å². The molecule has 2 N–H and O–H groups in total. The minimum Gasteiger partial charge on any atom is -0.397 e. The SMILES string of the molecule is CCOCCN(C)c1ncc(N)cc1Cl. The first-order chi connectivity index (χ1) is 7.15. The van der Waals surface area contributed by atoms with Crippen LogP contribution in [-0.2, 0) is 4.74 Å². The van der Waals surface area contributed by atoms with E-state index in [0.717, 1.165) is 19.0 Å². The van der Waals surface area contributed by atoms with Crippen LogP contribution in [0.2, 0.25) is 5.02 Å². The molecule has 1 aromatic heterocycles. The van der Waals surface area contributed by atoms with Gasteiger partial charge in [-0.05, 0) is 13.0 Å². The van der Waals surface area contributed by atoms with Crippen LogP contribution in [0.1, 0.15) is 6.92 Å². The molecule has 0 saturated heterocycles. The number of nitrogens with two attached hydrogens (primary N) is 1. The van der Waals surface area contributed by atoms with Crippen molar-refractivity contribution in [2.75, 3.05) is 37.4 Å². The number of likely N-dealkylation sites (N-methyl/N-ethyl adjacent to an activating group) is 1. The van der Waals surface area contributed by atoms with Crippen LogP contribution in [0.3, 0.4) is 0 Å². The number of anilines is 2. The summed E-state index contributed by atoms with van der Waals surface area (Å²) in [6.07, 6.45) is 1.60. The highest BCUT2D eigenvalue weighted by atomic mass is 35.5. The third-order valence-corrected chi connectivity index (χ3v) is 2.26. The minimum atomic E-state index is 0.564. The van der Waals surface area contributed by atoms with Gasteiger partial charge in [0.25, 0.3) is 0 Å². The predicted octanol–water partition coefficient (Wildman–Crippen LogP) is 1.79. The van der Waals surface area contributed by atoms with E-state index >= 15 is 0 Å². The lowest BCUT2D eigenvalue weighted by molar-refractivity contribution is 0.154. The molecule has 0 spiro atoms. The van der Waals surface area contributed by atoms with Crippen molar-refractivity contribution in [3.8, 4) is 0 Å². The molecular weight excluding hydrogens is 214 g/mol. The van der Waals surface area contributed by atoms with Crippen LogP contribution in [0.15, 0.2) is 12.3 Å². The average Bonchev–Trinajstić information content (AvgIpc) is 2.17. The Labute approximate surface area is 95.0 Å². The lowest BCUT2D eigenvalue weighted by Crippen LogP contribution is -2.23. The fourth-order valence-corrected chi connectivity index (χ4v) is 1.50. The van der Waals surface area contributed by atoms with Crippen LogP contribution in [0, 0.1) is 0 Å². The van der Waals surface area contributed by atoms with Crippen molar-refractivity contribution in [3.05, 3.63) is 17.3 Å². The molecule has 1 heterocycles. The third kappa shape index (κ3) is 3.57. The zero-order chi connectivity index (χ0) is 11.3. The number of aromatic nitrogens is 1. The van der Waals surface area contributed by atoms with Crippen molar-refractivity contribution < 1.29 is 4.74 Å². The van der Waals surface area contributed by atoms with Gasteiger partial charge in [-0.25, -0.2) is 4.98 Å². The standard InChI is InChI=1S/C10H16ClN3O/c1-3-15-5-4-14(2)10-9(11)6-8(12)7-13-10/h6-7H,3-5,12H2,1-2H3. The highest BCUT2D eigenvalue weighted by molar-refractivity contribution is 6.33. The summed E-state index contributed by atoms with van der Waals surface area (Å²) >= 11 is 6.01. The second kappa shape index (κ2) is 5.78. The molecule has 1 aromatic rings. The first kappa shape index (κ1) is 12.1. The molecule has 0 saturated carbocycles. The zero-order valence-electron chi connectivity index (χ0n) is 9.03. The van der Waals surface area contributed by atoms with Crippen LogP contribution >= 0.6 is 11.6 Å². The fourth-order valence-electron chi connectivity index (χ4n) is 1.18. The van der Waals surface area contributed by atoms with Crippen molar-refractivity contribution in [3.63, 3.8) is 0 Å². The summed E-state index contributed by atoms with van der Waals surface area (Å²) in [6.45, 7) is 4.10. The number of pyridine rings is 1. The molecular formula is C10H16ClN3O. The van der Waals surface area contributed by atoms with Gasteiger partial charge in [0.05, 0.1) is 23.5 Å². The first-order valence-corrected chi connectivity index (χ1v) is 5.22. The van der Waals surface area contributed by atoms with E-state index in [2.05, 4.69) is 4.98 Å². The summed E-state index contributed by atoms with van der Waals surface area (Å²) < 4.78 is 5.25. The highest BCUT2D eigenvalue weighted by Crippen LogP contribution is 2.23. The molecule has 5 heteroatoms. The van der Waals surface area contributed by atoms with E-state index in [1.54, 1.807) is 12.3 Å². The Morgan fingerprint density at radius 3 is 2.93 bits per heavy atom. The van der Waals surface area contributed by atoms with Gasteiger partial charge in [-0.1, -0.05) is 11.6 Å². The maximum atomic E-state index is 6.01. The van der Waals surface area contributed by atoms with Crippen molar-refractivity contribution in [2.45, 2.75) is 6.92 Å². The lowest BCUT2D eigenvalue weighted by atomic mass is 10.4. The second-order valence-electron chi connectivity index (χ2n) is 3.19. The number of halogens is 1. The van der Waals surface area contributed by atoms with E-state index in [1.807, 2.05) is 18.9 Å². The molecule has 0 atom stereocenters. The Morgan fingerprint density at radius 2 is 2.33 bits per heavy atom. The number of ether oxygens (including phenoxy) is 1. The number of nitrogens with zero attached hydrogens (tertiary/aromatic N) is 2. The Kier molecular flexibility index (Phi) is 4.65. The van der Waals surface area contributed by atoms with Gasteiger partial charge in [0.2, 0.25) is 0 Å². The number of rotatable bonds is 5. The van der Waals surface area contributed by atoms with Crippen LogP contribution in [0.5, 0.6) is 0 Å².